The number of hydrogen-bond acceptors (Lipinski definition) is 4. The van der Waals surface area contributed by atoms with Crippen LogP contribution < -0.4 is 0 Å². The van der Waals surface area contributed by atoms with Crippen LogP contribution in [0.4, 0.5) is 0 Å². The van der Waals surface area contributed by atoms with Crippen molar-refractivity contribution in [2.45, 2.75) is 51.0 Å². The molecule has 0 aliphatic rings. The van der Waals surface area contributed by atoms with Gasteiger partial charge in [0.25, 0.3) is 0 Å². The van der Waals surface area contributed by atoms with E-state index in [2.05, 4.69) is 38.0 Å². The first-order valence-electron chi connectivity index (χ1n) is 8.01. The van der Waals surface area contributed by atoms with Gasteiger partial charge in [-0.05, 0) is 43.9 Å². The zero-order valence-corrected chi connectivity index (χ0v) is 16.0. The number of carbonyl (C=O) groups excluding carboxylic acids is 1. The van der Waals surface area contributed by atoms with E-state index in [9.17, 15) is 4.79 Å². The van der Waals surface area contributed by atoms with Crippen LogP contribution in [-0.4, -0.2) is 21.5 Å². The van der Waals surface area contributed by atoms with E-state index in [-0.39, 0.29) is 5.97 Å². The molecule has 0 aliphatic carbocycles. The number of carbonyl (C=O) groups is 1. The number of nitrogens with zero attached hydrogens (tertiary/aromatic N) is 2. The molecule has 2 rings (SSSR count). The number of aromatic nitrogens is 2. The van der Waals surface area contributed by atoms with Crippen molar-refractivity contribution in [1.29, 1.82) is 0 Å². The van der Waals surface area contributed by atoms with Crippen molar-refractivity contribution in [2.75, 3.05) is 0 Å². The highest BCUT2D eigenvalue weighted by Gasteiger charge is 2.15. The van der Waals surface area contributed by atoms with Gasteiger partial charge in [-0.25, -0.2) is 9.97 Å². The molecule has 1 aromatic heterocycles. The molecule has 0 bridgehead atoms. The first kappa shape index (κ1) is 18.6. The highest BCUT2D eigenvalue weighted by Crippen LogP contribution is 2.13. The SMILES string of the molecule is CC(C)(C)OC(=O)CCc1ccc(Cc2ncc(CBr)cn2)cc1. The largest absolute Gasteiger partial charge is 0.460 e. The van der Waals surface area contributed by atoms with E-state index >= 15 is 0 Å². The second kappa shape index (κ2) is 8.38. The van der Waals surface area contributed by atoms with Crippen LogP contribution in [0.5, 0.6) is 0 Å². The highest BCUT2D eigenvalue weighted by molar-refractivity contribution is 9.08. The number of ether oxygens (including phenoxy) is 1. The summed E-state index contributed by atoms with van der Waals surface area (Å²) in [5.41, 5.74) is 2.92. The molecule has 0 saturated carbocycles. The molecule has 0 atom stereocenters. The average Bonchev–Trinajstić information content (AvgIpc) is 2.53. The lowest BCUT2D eigenvalue weighted by Gasteiger charge is -2.19. The monoisotopic (exact) mass is 390 g/mol. The average molecular weight is 391 g/mol. The number of hydrogen-bond donors (Lipinski definition) is 0. The lowest BCUT2D eigenvalue weighted by atomic mass is 10.1. The quantitative estimate of drug-likeness (QED) is 0.546. The first-order chi connectivity index (χ1) is 11.4. The Morgan fingerprint density at radius 1 is 1.04 bits per heavy atom. The van der Waals surface area contributed by atoms with Crippen LogP contribution in [-0.2, 0) is 27.7 Å². The third-order valence-corrected chi connectivity index (χ3v) is 3.98. The standard InChI is InChI=1S/C19H23BrN2O2/c1-19(2,3)24-18(23)9-8-14-4-6-15(7-5-14)10-17-21-12-16(11-20)13-22-17/h4-7,12-13H,8-11H2,1-3H3. The van der Waals surface area contributed by atoms with Crippen LogP contribution in [0.3, 0.4) is 0 Å². The highest BCUT2D eigenvalue weighted by atomic mass is 79.9. The lowest BCUT2D eigenvalue weighted by Crippen LogP contribution is -2.23. The molecule has 0 unspecified atom stereocenters. The summed E-state index contributed by atoms with van der Waals surface area (Å²) in [7, 11) is 0. The minimum absolute atomic E-state index is 0.160. The van der Waals surface area contributed by atoms with Gasteiger partial charge in [0.2, 0.25) is 0 Å². The third kappa shape index (κ3) is 6.40. The molecule has 4 nitrogen and oxygen atoms in total. The molecule has 5 heteroatoms. The second-order valence-corrected chi connectivity index (χ2v) is 7.28. The Kier molecular flexibility index (Phi) is 6.49. The Labute approximate surface area is 151 Å². The molecule has 0 amide bonds. The fraction of sp³-hybridized carbons (Fsp3) is 0.421. The van der Waals surface area contributed by atoms with Gasteiger partial charge in [0.15, 0.2) is 0 Å². The van der Waals surface area contributed by atoms with Crippen LogP contribution >= 0.6 is 15.9 Å². The molecular formula is C19H23BrN2O2. The lowest BCUT2D eigenvalue weighted by molar-refractivity contribution is -0.154. The smallest absolute Gasteiger partial charge is 0.306 e. The van der Waals surface area contributed by atoms with Gasteiger partial charge in [-0.2, -0.15) is 0 Å². The van der Waals surface area contributed by atoms with E-state index in [0.29, 0.717) is 19.3 Å². The normalized spacial score (nSPS) is 11.3. The Bertz CT molecular complexity index is 661. The van der Waals surface area contributed by atoms with Crippen molar-refractivity contribution in [2.24, 2.45) is 0 Å². The topological polar surface area (TPSA) is 52.1 Å². The van der Waals surface area contributed by atoms with Gasteiger partial charge in [0, 0.05) is 30.6 Å². The minimum Gasteiger partial charge on any atom is -0.460 e. The van der Waals surface area contributed by atoms with E-state index < -0.39 is 5.60 Å². The Balaban J connectivity index is 1.87. The van der Waals surface area contributed by atoms with Crippen molar-refractivity contribution >= 4 is 21.9 Å². The van der Waals surface area contributed by atoms with E-state index in [0.717, 1.165) is 27.8 Å². The van der Waals surface area contributed by atoms with E-state index in [1.165, 1.54) is 0 Å². The zero-order chi connectivity index (χ0) is 17.6. The molecule has 0 aliphatic heterocycles. The Morgan fingerprint density at radius 3 is 2.17 bits per heavy atom. The van der Waals surface area contributed by atoms with Gasteiger partial charge in [0.1, 0.15) is 11.4 Å². The fourth-order valence-electron chi connectivity index (χ4n) is 2.19. The predicted molar refractivity (Wildman–Crippen MR) is 98.1 cm³/mol. The number of esters is 1. The minimum atomic E-state index is -0.425. The van der Waals surface area contributed by atoms with E-state index in [4.69, 9.17) is 4.74 Å². The molecule has 1 heterocycles. The molecule has 24 heavy (non-hydrogen) atoms. The van der Waals surface area contributed by atoms with Gasteiger partial charge < -0.3 is 4.74 Å². The maximum atomic E-state index is 11.8. The molecule has 0 N–H and O–H groups in total. The number of halogens is 1. The number of alkyl halides is 1. The van der Waals surface area contributed by atoms with E-state index in [1.54, 1.807) is 0 Å². The molecule has 0 saturated heterocycles. The van der Waals surface area contributed by atoms with Crippen molar-refractivity contribution in [3.63, 3.8) is 0 Å². The van der Waals surface area contributed by atoms with Gasteiger partial charge in [-0.1, -0.05) is 40.2 Å². The third-order valence-electron chi connectivity index (χ3n) is 3.34. The van der Waals surface area contributed by atoms with Crippen molar-refractivity contribution in [3.8, 4) is 0 Å². The number of rotatable bonds is 6. The first-order valence-corrected chi connectivity index (χ1v) is 9.13. The Hall–Kier alpha value is -1.75. The summed E-state index contributed by atoms with van der Waals surface area (Å²) in [6.45, 7) is 5.64. The van der Waals surface area contributed by atoms with Gasteiger partial charge in [-0.3, -0.25) is 4.79 Å². The van der Waals surface area contributed by atoms with Crippen molar-refractivity contribution in [3.05, 3.63) is 59.2 Å². The van der Waals surface area contributed by atoms with Gasteiger partial charge >= 0.3 is 5.97 Å². The number of benzene rings is 1. The predicted octanol–water partition coefficient (Wildman–Crippen LogP) is 4.24. The fourth-order valence-corrected chi connectivity index (χ4v) is 2.48. The van der Waals surface area contributed by atoms with Crippen LogP contribution in [0.25, 0.3) is 0 Å². The van der Waals surface area contributed by atoms with Crippen molar-refractivity contribution < 1.29 is 9.53 Å². The maximum absolute atomic E-state index is 11.8. The van der Waals surface area contributed by atoms with Crippen LogP contribution in [0.1, 0.15) is 49.7 Å². The second-order valence-electron chi connectivity index (χ2n) is 6.72. The molecule has 0 spiro atoms. The van der Waals surface area contributed by atoms with Crippen LogP contribution in [0.15, 0.2) is 36.7 Å². The molecule has 0 radical (unpaired) electrons. The summed E-state index contributed by atoms with van der Waals surface area (Å²) in [6.07, 6.45) is 5.47. The molecule has 0 fully saturated rings. The summed E-state index contributed by atoms with van der Waals surface area (Å²) in [5, 5.41) is 0.764. The van der Waals surface area contributed by atoms with Gasteiger partial charge in [0.05, 0.1) is 0 Å². The van der Waals surface area contributed by atoms with E-state index in [1.807, 2.05) is 45.3 Å². The molecule has 128 valence electrons. The summed E-state index contributed by atoms with van der Waals surface area (Å²) in [5.74, 6) is 0.646. The number of aryl methyl sites for hydroxylation is 1. The summed E-state index contributed by atoms with van der Waals surface area (Å²) in [4.78, 5) is 20.5. The molecular weight excluding hydrogens is 368 g/mol. The van der Waals surface area contributed by atoms with Crippen LogP contribution in [0.2, 0.25) is 0 Å². The molecule has 1 aromatic carbocycles. The Morgan fingerprint density at radius 2 is 1.62 bits per heavy atom. The van der Waals surface area contributed by atoms with Crippen LogP contribution in [0, 0.1) is 0 Å². The zero-order valence-electron chi connectivity index (χ0n) is 14.4. The summed E-state index contributed by atoms with van der Waals surface area (Å²) < 4.78 is 5.32. The van der Waals surface area contributed by atoms with Crippen molar-refractivity contribution in [1.82, 2.24) is 9.97 Å². The maximum Gasteiger partial charge on any atom is 0.306 e. The molecule has 2 aromatic rings. The van der Waals surface area contributed by atoms with Gasteiger partial charge in [-0.15, -0.1) is 0 Å². The summed E-state index contributed by atoms with van der Waals surface area (Å²) in [6, 6.07) is 8.22. The summed E-state index contributed by atoms with van der Waals surface area (Å²) >= 11 is 3.38.